The van der Waals surface area contributed by atoms with Gasteiger partial charge in [0.15, 0.2) is 0 Å². The molecule has 0 saturated heterocycles. The van der Waals surface area contributed by atoms with Gasteiger partial charge in [-0.3, -0.25) is 0 Å². The van der Waals surface area contributed by atoms with Gasteiger partial charge in [0, 0.05) is 5.69 Å². The third-order valence-electron chi connectivity index (χ3n) is 3.64. The van der Waals surface area contributed by atoms with Crippen molar-refractivity contribution in [2.75, 3.05) is 10.6 Å². The van der Waals surface area contributed by atoms with E-state index in [1.165, 1.54) is 0 Å². The number of carboxylic acids is 1. The lowest BCUT2D eigenvalue weighted by Crippen LogP contribution is -2.21. The lowest BCUT2D eigenvalue weighted by molar-refractivity contribution is 0.0698. The van der Waals surface area contributed by atoms with Crippen molar-refractivity contribution < 1.29 is 14.7 Å². The van der Waals surface area contributed by atoms with Crippen molar-refractivity contribution >= 4 is 34.1 Å². The van der Waals surface area contributed by atoms with Gasteiger partial charge >= 0.3 is 12.0 Å². The lowest BCUT2D eigenvalue weighted by atomic mass is 10.0. The number of nitrogens with one attached hydrogen (secondary N) is 2. The minimum atomic E-state index is -1.09. The number of hydrogen-bond acceptors (Lipinski definition) is 2. The van der Waals surface area contributed by atoms with Crippen LogP contribution in [-0.2, 0) is 0 Å². The molecular formula is C19H16N2O3. The Labute approximate surface area is 138 Å². The Morgan fingerprint density at radius 2 is 1.58 bits per heavy atom. The normalized spacial score (nSPS) is 10.4. The van der Waals surface area contributed by atoms with E-state index in [1.54, 1.807) is 18.2 Å². The Morgan fingerprint density at radius 3 is 2.25 bits per heavy atom. The summed E-state index contributed by atoms with van der Waals surface area (Å²) < 4.78 is 0. The zero-order valence-electron chi connectivity index (χ0n) is 13.0. The van der Waals surface area contributed by atoms with Gasteiger partial charge in [0.05, 0.1) is 11.3 Å². The maximum atomic E-state index is 12.2. The number of carbonyl (C=O) groups is 2. The van der Waals surface area contributed by atoms with Crippen LogP contribution in [0.15, 0.2) is 60.7 Å². The highest BCUT2D eigenvalue weighted by molar-refractivity contribution is 6.07. The predicted molar refractivity (Wildman–Crippen MR) is 94.7 cm³/mol. The van der Waals surface area contributed by atoms with Gasteiger partial charge in [-0.25, -0.2) is 9.59 Å². The van der Waals surface area contributed by atoms with Crippen LogP contribution in [0.25, 0.3) is 10.8 Å². The van der Waals surface area contributed by atoms with Crippen LogP contribution >= 0.6 is 0 Å². The molecule has 0 aliphatic rings. The molecule has 3 N–H and O–H groups in total. The van der Waals surface area contributed by atoms with E-state index in [2.05, 4.69) is 10.6 Å². The SMILES string of the molecule is Cc1cccc(NC(=O)Nc2cc3ccccc3cc2C(=O)O)c1. The summed E-state index contributed by atoms with van der Waals surface area (Å²) in [5.41, 5.74) is 1.97. The highest BCUT2D eigenvalue weighted by Crippen LogP contribution is 2.24. The largest absolute Gasteiger partial charge is 0.478 e. The number of amides is 2. The van der Waals surface area contributed by atoms with Crippen molar-refractivity contribution in [2.45, 2.75) is 6.92 Å². The van der Waals surface area contributed by atoms with Crippen LogP contribution in [0.5, 0.6) is 0 Å². The van der Waals surface area contributed by atoms with Crippen LogP contribution in [0.3, 0.4) is 0 Å². The minimum absolute atomic E-state index is 0.0492. The van der Waals surface area contributed by atoms with Gasteiger partial charge in [0.2, 0.25) is 0 Å². The van der Waals surface area contributed by atoms with Crippen LogP contribution in [0, 0.1) is 6.92 Å². The minimum Gasteiger partial charge on any atom is -0.478 e. The number of urea groups is 1. The fourth-order valence-corrected chi connectivity index (χ4v) is 2.53. The summed E-state index contributed by atoms with van der Waals surface area (Å²) in [6.07, 6.45) is 0. The van der Waals surface area contributed by atoms with Gasteiger partial charge in [0.1, 0.15) is 0 Å². The summed E-state index contributed by atoms with van der Waals surface area (Å²) in [6, 6.07) is 17.5. The summed E-state index contributed by atoms with van der Waals surface area (Å²) in [5.74, 6) is -1.09. The number of fused-ring (bicyclic) bond motifs is 1. The topological polar surface area (TPSA) is 78.4 Å². The average molecular weight is 320 g/mol. The number of aromatic carboxylic acids is 1. The van der Waals surface area contributed by atoms with Crippen molar-refractivity contribution in [3.63, 3.8) is 0 Å². The molecule has 0 saturated carbocycles. The van der Waals surface area contributed by atoms with Crippen molar-refractivity contribution in [2.24, 2.45) is 0 Å². The number of anilines is 2. The van der Waals surface area contributed by atoms with E-state index in [9.17, 15) is 14.7 Å². The van der Waals surface area contributed by atoms with Gasteiger partial charge in [-0.05, 0) is 47.5 Å². The monoisotopic (exact) mass is 320 g/mol. The summed E-state index contributed by atoms with van der Waals surface area (Å²) in [6.45, 7) is 1.93. The molecule has 0 radical (unpaired) electrons. The first-order valence-corrected chi connectivity index (χ1v) is 7.44. The number of hydrogen-bond donors (Lipinski definition) is 3. The van der Waals surface area contributed by atoms with E-state index in [4.69, 9.17) is 0 Å². The lowest BCUT2D eigenvalue weighted by Gasteiger charge is -2.12. The quantitative estimate of drug-likeness (QED) is 0.665. The molecule has 120 valence electrons. The Hall–Kier alpha value is -3.34. The van der Waals surface area contributed by atoms with Gasteiger partial charge in [-0.2, -0.15) is 0 Å². The molecule has 0 unspecified atom stereocenters. The molecule has 24 heavy (non-hydrogen) atoms. The second-order valence-electron chi connectivity index (χ2n) is 5.50. The average Bonchev–Trinajstić information content (AvgIpc) is 2.54. The molecule has 5 nitrogen and oxygen atoms in total. The van der Waals surface area contributed by atoms with Gasteiger partial charge < -0.3 is 15.7 Å². The van der Waals surface area contributed by atoms with Gasteiger partial charge in [-0.15, -0.1) is 0 Å². The van der Waals surface area contributed by atoms with Crippen molar-refractivity contribution in [3.8, 4) is 0 Å². The number of carbonyl (C=O) groups excluding carboxylic acids is 1. The smallest absolute Gasteiger partial charge is 0.337 e. The first-order chi connectivity index (χ1) is 11.5. The first kappa shape index (κ1) is 15.6. The summed E-state index contributed by atoms with van der Waals surface area (Å²) in [7, 11) is 0. The third-order valence-corrected chi connectivity index (χ3v) is 3.64. The van der Waals surface area contributed by atoms with Crippen LogP contribution in [0.2, 0.25) is 0 Å². The second-order valence-corrected chi connectivity index (χ2v) is 5.50. The molecule has 3 rings (SSSR count). The number of benzene rings is 3. The number of aryl methyl sites for hydroxylation is 1. The zero-order chi connectivity index (χ0) is 17.1. The van der Waals surface area contributed by atoms with Crippen LogP contribution in [-0.4, -0.2) is 17.1 Å². The number of rotatable bonds is 3. The second kappa shape index (κ2) is 6.42. The van der Waals surface area contributed by atoms with Gasteiger partial charge in [-0.1, -0.05) is 36.4 Å². The first-order valence-electron chi connectivity index (χ1n) is 7.44. The number of carboxylic acid groups (broad SMARTS) is 1. The summed E-state index contributed by atoms with van der Waals surface area (Å²) >= 11 is 0. The highest BCUT2D eigenvalue weighted by Gasteiger charge is 2.14. The molecule has 0 heterocycles. The maximum Gasteiger partial charge on any atom is 0.337 e. The molecule has 0 aliphatic heterocycles. The third kappa shape index (κ3) is 3.35. The van der Waals surface area contributed by atoms with E-state index >= 15 is 0 Å². The molecule has 0 fully saturated rings. The molecule has 0 aliphatic carbocycles. The van der Waals surface area contributed by atoms with Gasteiger partial charge in [0.25, 0.3) is 0 Å². The molecule has 3 aromatic carbocycles. The Balaban J connectivity index is 1.89. The molecule has 3 aromatic rings. The standard InChI is InChI=1S/C19H16N2O3/c1-12-5-4-8-15(9-12)20-19(24)21-17-11-14-7-3-2-6-13(14)10-16(17)18(22)23/h2-11H,1H3,(H,22,23)(H2,20,21,24). The fourth-order valence-electron chi connectivity index (χ4n) is 2.53. The highest BCUT2D eigenvalue weighted by atomic mass is 16.4. The predicted octanol–water partition coefficient (Wildman–Crippen LogP) is 4.49. The summed E-state index contributed by atoms with van der Waals surface area (Å²) in [5, 5.41) is 16.4. The molecule has 2 amide bonds. The molecule has 0 atom stereocenters. The fraction of sp³-hybridized carbons (Fsp3) is 0.0526. The molecule has 0 aromatic heterocycles. The Morgan fingerprint density at radius 1 is 0.875 bits per heavy atom. The maximum absolute atomic E-state index is 12.2. The Bertz CT molecular complexity index is 935. The van der Waals surface area contributed by atoms with E-state index < -0.39 is 12.0 Å². The zero-order valence-corrected chi connectivity index (χ0v) is 13.0. The van der Waals surface area contributed by atoms with Crippen LogP contribution in [0.4, 0.5) is 16.2 Å². The van der Waals surface area contributed by atoms with Crippen molar-refractivity contribution in [1.82, 2.24) is 0 Å². The molecule has 5 heteroatoms. The Kier molecular flexibility index (Phi) is 4.16. The van der Waals surface area contributed by atoms with E-state index in [1.807, 2.05) is 49.4 Å². The molecule has 0 bridgehead atoms. The van der Waals surface area contributed by atoms with Crippen molar-refractivity contribution in [1.29, 1.82) is 0 Å². The van der Waals surface area contributed by atoms with Crippen LogP contribution < -0.4 is 10.6 Å². The van der Waals surface area contributed by atoms with E-state index in [0.717, 1.165) is 16.3 Å². The molecular weight excluding hydrogens is 304 g/mol. The van der Waals surface area contributed by atoms with E-state index in [0.29, 0.717) is 5.69 Å². The molecule has 0 spiro atoms. The van der Waals surface area contributed by atoms with E-state index in [-0.39, 0.29) is 11.3 Å². The van der Waals surface area contributed by atoms with Crippen LogP contribution in [0.1, 0.15) is 15.9 Å². The summed E-state index contributed by atoms with van der Waals surface area (Å²) in [4.78, 5) is 23.7. The van der Waals surface area contributed by atoms with Crippen molar-refractivity contribution in [3.05, 3.63) is 71.8 Å².